The summed E-state index contributed by atoms with van der Waals surface area (Å²) < 4.78 is 27.1. The van der Waals surface area contributed by atoms with Gasteiger partial charge in [0.2, 0.25) is 0 Å². The monoisotopic (exact) mass is 782 g/mol. The predicted octanol–water partition coefficient (Wildman–Crippen LogP) is 6.20. The van der Waals surface area contributed by atoms with Gasteiger partial charge in [0.25, 0.3) is 11.8 Å². The standard InChI is InChI=1S/C25H22ClFI2N4O4S/c1-35-20-9-16(28)23(29)31-24(20)36-11-21(34)33-7-5-13(6-8-33)25-30-18(12-38-25)17-10-19(37-32-17)22-14(26)3-2-4-15(22)27/h2-4,9,12-13,19H,5-8,10-11H2,1H3. The Bertz CT molecular complexity index is 1360. The summed E-state index contributed by atoms with van der Waals surface area (Å²) in [5.41, 5.74) is 1.73. The molecule has 1 amide bonds. The highest BCUT2D eigenvalue weighted by molar-refractivity contribution is 14.1. The molecule has 1 fully saturated rings. The number of ether oxygens (including phenoxy) is 2. The van der Waals surface area contributed by atoms with E-state index in [0.29, 0.717) is 47.4 Å². The molecular formula is C25H22ClFI2N4O4S. The van der Waals surface area contributed by atoms with Crippen molar-refractivity contribution in [2.24, 2.45) is 5.16 Å². The second-order valence-corrected chi connectivity index (χ2v) is 12.2. The first kappa shape index (κ1) is 27.8. The Labute approximate surface area is 255 Å². The lowest BCUT2D eigenvalue weighted by molar-refractivity contribution is -0.134. The van der Waals surface area contributed by atoms with Crippen LogP contribution in [0, 0.1) is 13.1 Å². The van der Waals surface area contributed by atoms with Crippen molar-refractivity contribution in [1.82, 2.24) is 14.9 Å². The number of carbonyl (C=O) groups excluding carboxylic acids is 1. The normalized spacial score (nSPS) is 17.8. The lowest BCUT2D eigenvalue weighted by Crippen LogP contribution is -2.40. The number of hydrogen-bond acceptors (Lipinski definition) is 8. The smallest absolute Gasteiger partial charge is 0.260 e. The van der Waals surface area contributed by atoms with Gasteiger partial charge >= 0.3 is 0 Å². The van der Waals surface area contributed by atoms with E-state index in [1.807, 2.05) is 16.3 Å². The minimum atomic E-state index is -0.571. The van der Waals surface area contributed by atoms with Gasteiger partial charge in [-0.05, 0) is 70.2 Å². The van der Waals surface area contributed by atoms with Crippen LogP contribution in [0.2, 0.25) is 5.02 Å². The van der Waals surface area contributed by atoms with E-state index in [1.54, 1.807) is 30.6 Å². The fourth-order valence-corrected chi connectivity index (χ4v) is 6.45. The molecule has 1 aromatic carbocycles. The SMILES string of the molecule is COc1cc(I)c(I)nc1OCC(=O)N1CCC(c2nc(C3=NOC(c4c(F)cccc4Cl)C3)cs2)CC1. The van der Waals surface area contributed by atoms with Gasteiger partial charge in [-0.1, -0.05) is 22.8 Å². The van der Waals surface area contributed by atoms with Gasteiger partial charge in [0, 0.05) is 46.0 Å². The molecule has 2 aromatic heterocycles. The number of nitrogens with zero attached hydrogens (tertiary/aromatic N) is 4. The Hall–Kier alpha value is -1.78. The number of rotatable bonds is 7. The third-order valence-electron chi connectivity index (χ3n) is 6.42. The van der Waals surface area contributed by atoms with Crippen LogP contribution in [0.1, 0.15) is 47.5 Å². The summed E-state index contributed by atoms with van der Waals surface area (Å²) in [6, 6.07) is 6.40. The molecule has 13 heteroatoms. The number of pyridine rings is 1. The van der Waals surface area contributed by atoms with Gasteiger partial charge in [-0.2, -0.15) is 0 Å². The molecule has 4 heterocycles. The van der Waals surface area contributed by atoms with E-state index >= 15 is 0 Å². The zero-order chi connectivity index (χ0) is 26.8. The van der Waals surface area contributed by atoms with E-state index in [1.165, 1.54) is 6.07 Å². The molecule has 1 saturated heterocycles. The number of likely N-dealkylation sites (tertiary alicyclic amines) is 1. The number of oxime groups is 1. The summed E-state index contributed by atoms with van der Waals surface area (Å²) in [4.78, 5) is 29.3. The van der Waals surface area contributed by atoms with Crippen molar-refractivity contribution >= 4 is 79.7 Å². The number of hydrogen-bond donors (Lipinski definition) is 0. The summed E-state index contributed by atoms with van der Waals surface area (Å²) >= 11 is 12.1. The number of thiazole rings is 1. The van der Waals surface area contributed by atoms with E-state index in [2.05, 4.69) is 55.3 Å². The van der Waals surface area contributed by atoms with Crippen molar-refractivity contribution in [3.8, 4) is 11.6 Å². The number of halogens is 4. The molecule has 200 valence electrons. The van der Waals surface area contributed by atoms with Crippen LogP contribution in [0.5, 0.6) is 11.6 Å². The average molecular weight is 783 g/mol. The maximum atomic E-state index is 14.3. The lowest BCUT2D eigenvalue weighted by Gasteiger charge is -2.31. The highest BCUT2D eigenvalue weighted by atomic mass is 127. The quantitative estimate of drug-likeness (QED) is 0.210. The minimum Gasteiger partial charge on any atom is -0.491 e. The second-order valence-electron chi connectivity index (χ2n) is 8.75. The molecule has 1 unspecified atom stereocenters. The summed E-state index contributed by atoms with van der Waals surface area (Å²) in [5.74, 6) is 0.568. The first-order valence-electron chi connectivity index (χ1n) is 11.8. The first-order chi connectivity index (χ1) is 18.3. The van der Waals surface area contributed by atoms with Gasteiger partial charge < -0.3 is 19.2 Å². The van der Waals surface area contributed by atoms with Crippen molar-refractivity contribution < 1.29 is 23.5 Å². The molecule has 0 saturated carbocycles. The molecule has 8 nitrogen and oxygen atoms in total. The summed E-state index contributed by atoms with van der Waals surface area (Å²) in [7, 11) is 1.55. The largest absolute Gasteiger partial charge is 0.491 e. The Morgan fingerprint density at radius 3 is 2.82 bits per heavy atom. The number of methoxy groups -OCH3 is 1. The molecule has 38 heavy (non-hydrogen) atoms. The third kappa shape index (κ3) is 6.02. The molecule has 2 aliphatic rings. The van der Waals surface area contributed by atoms with Crippen LogP contribution in [0.25, 0.3) is 0 Å². The molecule has 2 aliphatic heterocycles. The Kier molecular flexibility index (Phi) is 8.89. The van der Waals surface area contributed by atoms with Crippen molar-refractivity contribution in [1.29, 1.82) is 0 Å². The summed E-state index contributed by atoms with van der Waals surface area (Å²) in [6.07, 6.45) is 1.44. The second kappa shape index (κ2) is 12.2. The fourth-order valence-electron chi connectivity index (χ4n) is 4.39. The highest BCUT2D eigenvalue weighted by Gasteiger charge is 2.31. The van der Waals surface area contributed by atoms with Crippen molar-refractivity contribution in [2.45, 2.75) is 31.3 Å². The molecule has 1 atom stereocenters. The number of piperidine rings is 1. The third-order valence-corrected chi connectivity index (χ3v) is 10.4. The fraction of sp³-hybridized carbons (Fsp3) is 0.360. The van der Waals surface area contributed by atoms with Gasteiger partial charge in [0.15, 0.2) is 18.5 Å². The number of carbonyl (C=O) groups is 1. The van der Waals surface area contributed by atoms with Crippen molar-refractivity contribution in [3.05, 3.63) is 64.0 Å². The highest BCUT2D eigenvalue weighted by Crippen LogP contribution is 2.37. The zero-order valence-electron chi connectivity index (χ0n) is 20.1. The van der Waals surface area contributed by atoms with Gasteiger partial charge in [-0.3, -0.25) is 4.79 Å². The van der Waals surface area contributed by atoms with Crippen LogP contribution >= 0.6 is 68.1 Å². The molecule has 0 spiro atoms. The average Bonchev–Trinajstić information content (AvgIpc) is 3.59. The van der Waals surface area contributed by atoms with E-state index in [9.17, 15) is 9.18 Å². The topological polar surface area (TPSA) is 86.1 Å². The number of benzene rings is 1. The Morgan fingerprint density at radius 1 is 1.29 bits per heavy atom. The molecule has 0 aliphatic carbocycles. The Balaban J connectivity index is 1.14. The molecule has 3 aromatic rings. The predicted molar refractivity (Wildman–Crippen MR) is 159 cm³/mol. The number of amides is 1. The lowest BCUT2D eigenvalue weighted by atomic mass is 9.97. The van der Waals surface area contributed by atoms with E-state index in [0.717, 1.165) is 30.8 Å². The van der Waals surface area contributed by atoms with Crippen molar-refractivity contribution in [2.75, 3.05) is 26.8 Å². The van der Waals surface area contributed by atoms with Crippen LogP contribution in [-0.4, -0.2) is 53.3 Å². The zero-order valence-corrected chi connectivity index (χ0v) is 26.0. The van der Waals surface area contributed by atoms with Crippen LogP contribution < -0.4 is 9.47 Å². The maximum absolute atomic E-state index is 14.3. The maximum Gasteiger partial charge on any atom is 0.260 e. The summed E-state index contributed by atoms with van der Waals surface area (Å²) in [6.45, 7) is 1.14. The van der Waals surface area contributed by atoms with Gasteiger partial charge in [0.05, 0.1) is 22.8 Å². The van der Waals surface area contributed by atoms with Gasteiger partial charge in [-0.15, -0.1) is 11.3 Å². The molecular weight excluding hydrogens is 761 g/mol. The van der Waals surface area contributed by atoms with E-state index in [4.69, 9.17) is 30.9 Å². The molecule has 5 rings (SSSR count). The minimum absolute atomic E-state index is 0.0870. The summed E-state index contributed by atoms with van der Waals surface area (Å²) in [5, 5.41) is 7.44. The van der Waals surface area contributed by atoms with Gasteiger partial charge in [-0.25, -0.2) is 14.4 Å². The van der Waals surface area contributed by atoms with Crippen LogP contribution in [-0.2, 0) is 9.63 Å². The molecule has 0 N–H and O–H groups in total. The number of aromatic nitrogens is 2. The van der Waals surface area contributed by atoms with Gasteiger partial charge in [0.1, 0.15) is 15.2 Å². The van der Waals surface area contributed by atoms with Crippen LogP contribution in [0.15, 0.2) is 34.8 Å². The van der Waals surface area contributed by atoms with Crippen LogP contribution in [0.3, 0.4) is 0 Å². The first-order valence-corrected chi connectivity index (χ1v) is 15.2. The van der Waals surface area contributed by atoms with Crippen LogP contribution in [0.4, 0.5) is 4.39 Å². The van der Waals surface area contributed by atoms with E-state index < -0.39 is 11.9 Å². The van der Waals surface area contributed by atoms with Crippen molar-refractivity contribution in [3.63, 3.8) is 0 Å². The molecule has 0 radical (unpaired) electrons. The van der Waals surface area contributed by atoms with E-state index in [-0.39, 0.29) is 18.4 Å². The Morgan fingerprint density at radius 2 is 2.08 bits per heavy atom. The molecule has 0 bridgehead atoms.